The molecular formula is C11H15BrN2O2. The van der Waals surface area contributed by atoms with Crippen LogP contribution in [0.4, 0.5) is 5.82 Å². The van der Waals surface area contributed by atoms with Gasteiger partial charge in [-0.3, -0.25) is 0 Å². The van der Waals surface area contributed by atoms with Crippen molar-refractivity contribution in [3.63, 3.8) is 0 Å². The molecule has 5 heteroatoms. The van der Waals surface area contributed by atoms with Crippen molar-refractivity contribution in [2.45, 2.75) is 13.0 Å². The minimum Gasteiger partial charge on any atom is -0.493 e. The van der Waals surface area contributed by atoms with Gasteiger partial charge in [-0.05, 0) is 28.9 Å². The Labute approximate surface area is 104 Å². The molecule has 1 unspecified atom stereocenters. The molecule has 1 fully saturated rings. The van der Waals surface area contributed by atoms with Crippen LogP contribution in [0.25, 0.3) is 0 Å². The average molecular weight is 287 g/mol. The zero-order chi connectivity index (χ0) is 11.5. The summed E-state index contributed by atoms with van der Waals surface area (Å²) in [6, 6.07) is 2.26. The molecule has 1 aromatic heterocycles. The first-order valence-corrected chi connectivity index (χ1v) is 6.05. The molecule has 1 saturated heterocycles. The van der Waals surface area contributed by atoms with E-state index in [2.05, 4.69) is 32.7 Å². The third kappa shape index (κ3) is 2.30. The van der Waals surface area contributed by atoms with E-state index in [9.17, 15) is 0 Å². The molecule has 0 spiro atoms. The van der Waals surface area contributed by atoms with Gasteiger partial charge in [0.05, 0.1) is 26.4 Å². The predicted molar refractivity (Wildman–Crippen MR) is 66.1 cm³/mol. The average Bonchev–Trinajstić information content (AvgIpc) is 2.30. The molecule has 1 aliphatic heterocycles. The van der Waals surface area contributed by atoms with Crippen LogP contribution in [-0.4, -0.2) is 37.9 Å². The van der Waals surface area contributed by atoms with Gasteiger partial charge >= 0.3 is 0 Å². The zero-order valence-corrected chi connectivity index (χ0v) is 11.0. The largest absolute Gasteiger partial charge is 0.493 e. The van der Waals surface area contributed by atoms with Gasteiger partial charge in [0.25, 0.3) is 0 Å². The summed E-state index contributed by atoms with van der Waals surface area (Å²) >= 11 is 3.39. The molecule has 1 aromatic rings. The third-order valence-electron chi connectivity index (χ3n) is 2.66. The standard InChI is InChI=1S/C11H15BrN2O2/c1-8-7-16-4-3-14(8)11-10(15-2)5-9(12)6-13-11/h5-6,8H,3-4,7H2,1-2H3. The van der Waals surface area contributed by atoms with E-state index in [1.54, 1.807) is 13.3 Å². The fourth-order valence-electron chi connectivity index (χ4n) is 1.82. The number of methoxy groups -OCH3 is 1. The first-order valence-electron chi connectivity index (χ1n) is 5.26. The number of hydrogen-bond donors (Lipinski definition) is 0. The van der Waals surface area contributed by atoms with E-state index < -0.39 is 0 Å². The Hall–Kier alpha value is -0.810. The molecule has 16 heavy (non-hydrogen) atoms. The first kappa shape index (κ1) is 11.7. The van der Waals surface area contributed by atoms with Crippen molar-refractivity contribution in [3.05, 3.63) is 16.7 Å². The van der Waals surface area contributed by atoms with Crippen LogP contribution in [0.5, 0.6) is 5.75 Å². The summed E-state index contributed by atoms with van der Waals surface area (Å²) in [6.45, 7) is 4.46. The predicted octanol–water partition coefficient (Wildman–Crippen LogP) is 2.08. The highest BCUT2D eigenvalue weighted by atomic mass is 79.9. The maximum atomic E-state index is 5.41. The Morgan fingerprint density at radius 2 is 2.44 bits per heavy atom. The molecular weight excluding hydrogens is 272 g/mol. The van der Waals surface area contributed by atoms with Crippen LogP contribution in [-0.2, 0) is 4.74 Å². The van der Waals surface area contributed by atoms with Crippen molar-refractivity contribution in [1.82, 2.24) is 4.98 Å². The van der Waals surface area contributed by atoms with E-state index in [0.29, 0.717) is 6.04 Å². The number of hydrogen-bond acceptors (Lipinski definition) is 4. The summed E-state index contributed by atoms with van der Waals surface area (Å²) in [5.74, 6) is 1.68. The summed E-state index contributed by atoms with van der Waals surface area (Å²) in [6.07, 6.45) is 1.79. The molecule has 0 radical (unpaired) electrons. The van der Waals surface area contributed by atoms with Gasteiger partial charge in [0.15, 0.2) is 11.6 Å². The highest BCUT2D eigenvalue weighted by Gasteiger charge is 2.23. The van der Waals surface area contributed by atoms with Crippen LogP contribution >= 0.6 is 15.9 Å². The molecule has 0 aliphatic carbocycles. The van der Waals surface area contributed by atoms with Gasteiger partial charge in [0.1, 0.15) is 0 Å². The van der Waals surface area contributed by atoms with Gasteiger partial charge in [-0.2, -0.15) is 0 Å². The van der Waals surface area contributed by atoms with Crippen molar-refractivity contribution in [1.29, 1.82) is 0 Å². The van der Waals surface area contributed by atoms with Crippen molar-refractivity contribution in [2.24, 2.45) is 0 Å². The van der Waals surface area contributed by atoms with Gasteiger partial charge in [0.2, 0.25) is 0 Å². The van der Waals surface area contributed by atoms with Crippen LogP contribution in [0.2, 0.25) is 0 Å². The maximum absolute atomic E-state index is 5.41. The normalized spacial score (nSPS) is 20.9. The number of ether oxygens (including phenoxy) is 2. The van der Waals surface area contributed by atoms with E-state index in [-0.39, 0.29) is 0 Å². The molecule has 0 aromatic carbocycles. The van der Waals surface area contributed by atoms with Gasteiger partial charge in [0, 0.05) is 17.2 Å². The molecule has 0 saturated carbocycles. The second kappa shape index (κ2) is 5.01. The summed E-state index contributed by atoms with van der Waals surface area (Å²) < 4.78 is 11.7. The topological polar surface area (TPSA) is 34.6 Å². The second-order valence-corrected chi connectivity index (χ2v) is 4.71. The number of aromatic nitrogens is 1. The summed E-state index contributed by atoms with van der Waals surface area (Å²) in [4.78, 5) is 6.64. The molecule has 0 amide bonds. The Kier molecular flexibility index (Phi) is 3.66. The number of pyridine rings is 1. The van der Waals surface area contributed by atoms with Crippen molar-refractivity contribution >= 4 is 21.7 Å². The summed E-state index contributed by atoms with van der Waals surface area (Å²) in [7, 11) is 1.66. The smallest absolute Gasteiger partial charge is 0.171 e. The first-order chi connectivity index (χ1) is 7.72. The highest BCUT2D eigenvalue weighted by Crippen LogP contribution is 2.30. The number of anilines is 1. The van der Waals surface area contributed by atoms with Gasteiger partial charge < -0.3 is 14.4 Å². The van der Waals surface area contributed by atoms with E-state index in [0.717, 1.165) is 35.8 Å². The van der Waals surface area contributed by atoms with E-state index in [1.165, 1.54) is 0 Å². The van der Waals surface area contributed by atoms with Gasteiger partial charge in [-0.25, -0.2) is 4.98 Å². The third-order valence-corrected chi connectivity index (χ3v) is 3.09. The van der Waals surface area contributed by atoms with Crippen molar-refractivity contribution < 1.29 is 9.47 Å². The Morgan fingerprint density at radius 3 is 3.12 bits per heavy atom. The lowest BCUT2D eigenvalue weighted by molar-refractivity contribution is 0.0982. The Bertz CT molecular complexity index is 373. The number of nitrogens with zero attached hydrogens (tertiary/aromatic N) is 2. The fraction of sp³-hybridized carbons (Fsp3) is 0.545. The van der Waals surface area contributed by atoms with Crippen LogP contribution in [0.3, 0.4) is 0 Å². The molecule has 88 valence electrons. The van der Waals surface area contributed by atoms with Crippen LogP contribution < -0.4 is 9.64 Å². The molecule has 2 heterocycles. The van der Waals surface area contributed by atoms with Crippen molar-refractivity contribution in [3.8, 4) is 5.75 Å². The summed E-state index contributed by atoms with van der Waals surface area (Å²) in [5, 5.41) is 0. The SMILES string of the molecule is COc1cc(Br)cnc1N1CCOCC1C. The van der Waals surface area contributed by atoms with E-state index >= 15 is 0 Å². The van der Waals surface area contributed by atoms with Crippen LogP contribution in [0.1, 0.15) is 6.92 Å². The van der Waals surface area contributed by atoms with Crippen LogP contribution in [0.15, 0.2) is 16.7 Å². The molecule has 4 nitrogen and oxygen atoms in total. The monoisotopic (exact) mass is 286 g/mol. The minimum absolute atomic E-state index is 0.330. The van der Waals surface area contributed by atoms with Gasteiger partial charge in [-0.1, -0.05) is 0 Å². The second-order valence-electron chi connectivity index (χ2n) is 3.80. The lowest BCUT2D eigenvalue weighted by atomic mass is 10.2. The van der Waals surface area contributed by atoms with E-state index in [1.807, 2.05) is 6.07 Å². The summed E-state index contributed by atoms with van der Waals surface area (Å²) in [5.41, 5.74) is 0. The molecule has 0 bridgehead atoms. The van der Waals surface area contributed by atoms with E-state index in [4.69, 9.17) is 9.47 Å². The molecule has 2 rings (SSSR count). The van der Waals surface area contributed by atoms with Crippen LogP contribution in [0, 0.1) is 0 Å². The number of rotatable bonds is 2. The minimum atomic E-state index is 0.330. The molecule has 1 atom stereocenters. The highest BCUT2D eigenvalue weighted by molar-refractivity contribution is 9.10. The number of morpholine rings is 1. The number of halogens is 1. The molecule has 0 N–H and O–H groups in total. The zero-order valence-electron chi connectivity index (χ0n) is 9.44. The molecule has 1 aliphatic rings. The maximum Gasteiger partial charge on any atom is 0.171 e. The lowest BCUT2D eigenvalue weighted by Crippen LogP contribution is -2.44. The van der Waals surface area contributed by atoms with Gasteiger partial charge in [-0.15, -0.1) is 0 Å². The quantitative estimate of drug-likeness (QED) is 0.834. The lowest BCUT2D eigenvalue weighted by Gasteiger charge is -2.34. The Balaban J connectivity index is 2.30. The Morgan fingerprint density at radius 1 is 1.62 bits per heavy atom. The van der Waals surface area contributed by atoms with Crippen molar-refractivity contribution in [2.75, 3.05) is 31.8 Å². The fourth-order valence-corrected chi connectivity index (χ4v) is 2.13.